The Balaban J connectivity index is 1.29. The molecule has 0 bridgehead atoms. The molecule has 6 heterocycles. The molecule has 0 atom stereocenters. The van der Waals surface area contributed by atoms with Gasteiger partial charge in [0.1, 0.15) is 11.0 Å². The van der Waals surface area contributed by atoms with Gasteiger partial charge in [-0.15, -0.1) is 25.7 Å². The average molecular weight is 674 g/mol. The number of hydrogen-bond acceptors (Lipinski definition) is 6. The number of nitrogens with zero attached hydrogens (tertiary/aromatic N) is 2. The highest BCUT2D eigenvalue weighted by Gasteiger charge is 2.44. The monoisotopic (exact) mass is 674 g/mol. The van der Waals surface area contributed by atoms with Crippen LogP contribution in [0.4, 0.5) is 0 Å². The maximum atomic E-state index is 5.90. The van der Waals surface area contributed by atoms with E-state index in [0.717, 1.165) is 62.9 Å². The van der Waals surface area contributed by atoms with Gasteiger partial charge in [0.25, 0.3) is 0 Å². The van der Waals surface area contributed by atoms with Crippen molar-refractivity contribution in [2.45, 2.75) is 39.4 Å². The second-order valence-corrected chi connectivity index (χ2v) is 16.0. The summed E-state index contributed by atoms with van der Waals surface area (Å²) in [6.07, 6.45) is 23.6. The van der Waals surface area contributed by atoms with Gasteiger partial charge in [0, 0.05) is 51.6 Å². The van der Waals surface area contributed by atoms with Crippen molar-refractivity contribution < 1.29 is 0 Å². The van der Waals surface area contributed by atoms with E-state index in [1.54, 1.807) is 47.0 Å². The van der Waals surface area contributed by atoms with Crippen LogP contribution in [0.1, 0.15) is 22.3 Å². The second-order valence-electron chi connectivity index (χ2n) is 11.9. The van der Waals surface area contributed by atoms with E-state index in [2.05, 4.69) is 72.2 Å². The molecule has 4 aliphatic rings. The first kappa shape index (κ1) is 28.2. The summed E-state index contributed by atoms with van der Waals surface area (Å²) in [4.78, 5) is 18.0. The van der Waals surface area contributed by atoms with Gasteiger partial charge < -0.3 is 0 Å². The van der Waals surface area contributed by atoms with E-state index in [1.165, 1.54) is 42.6 Å². The molecule has 216 valence electrons. The minimum absolute atomic E-state index is 0.0611. The molecule has 0 unspecified atom stereocenters. The van der Waals surface area contributed by atoms with Crippen LogP contribution in [0.15, 0.2) is 112 Å². The van der Waals surface area contributed by atoms with E-state index in [1.807, 2.05) is 24.3 Å². The fourth-order valence-electron chi connectivity index (χ4n) is 7.28. The third kappa shape index (κ3) is 3.87. The van der Waals surface area contributed by atoms with Gasteiger partial charge in [0.15, 0.2) is 0 Å². The number of rotatable bonds is 0. The Morgan fingerprint density at radius 1 is 0.438 bits per heavy atom. The molecule has 2 nitrogen and oxygen atoms in total. The first-order valence-electron chi connectivity index (χ1n) is 15.1. The SMILES string of the molecule is C#Cc1ccc2c(c1)B1c3cc(C#C)ccc3Sc3c1c(nc1c4c5c(nc31)Sc1ccc(C#C)cc1B5c1cc(C#C)ccc1S4)S2. The van der Waals surface area contributed by atoms with Crippen LogP contribution in [0.2, 0.25) is 0 Å². The Labute approximate surface area is 296 Å². The fraction of sp³-hybridized carbons (Fsp3) is 0. The second kappa shape index (κ2) is 10.4. The van der Waals surface area contributed by atoms with E-state index < -0.39 is 0 Å². The highest BCUT2D eigenvalue weighted by Crippen LogP contribution is 2.46. The number of pyridine rings is 2. The Morgan fingerprint density at radius 3 is 1.06 bits per heavy atom. The lowest BCUT2D eigenvalue weighted by atomic mass is 9.36. The lowest BCUT2D eigenvalue weighted by molar-refractivity contribution is 1.09. The van der Waals surface area contributed by atoms with Gasteiger partial charge in [-0.2, -0.15) is 0 Å². The van der Waals surface area contributed by atoms with Gasteiger partial charge in [-0.05, 0) is 59.5 Å². The Morgan fingerprint density at radius 2 is 0.750 bits per heavy atom. The molecule has 4 aromatic carbocycles. The molecular weight excluding hydrogens is 658 g/mol. The van der Waals surface area contributed by atoms with E-state index in [-0.39, 0.29) is 13.4 Å². The Bertz CT molecular complexity index is 2470. The Kier molecular flexibility index (Phi) is 6.09. The lowest BCUT2D eigenvalue weighted by Gasteiger charge is -2.35. The highest BCUT2D eigenvalue weighted by molar-refractivity contribution is 8.02. The third-order valence-electron chi connectivity index (χ3n) is 9.40. The van der Waals surface area contributed by atoms with Crippen molar-refractivity contribution in [1.82, 2.24) is 9.97 Å². The van der Waals surface area contributed by atoms with Crippen molar-refractivity contribution >= 4 is 104 Å². The molecule has 0 aliphatic carbocycles. The zero-order chi connectivity index (χ0) is 32.3. The molecule has 6 aromatic rings. The predicted molar refractivity (Wildman–Crippen MR) is 203 cm³/mol. The molecule has 8 heteroatoms. The molecule has 10 rings (SSSR count). The summed E-state index contributed by atoms with van der Waals surface area (Å²) in [5.74, 6) is 11.4. The van der Waals surface area contributed by atoms with Gasteiger partial charge >= 0.3 is 0 Å². The standard InChI is InChI=1S/C40H16B2N2S4/c1-5-21-9-13-29-25(17-21)41-27-19-23(7-3)11-15-31(27)47-39-33(41)37(45-29)35-36(43-39)38-34-40(44-35)48-32-16-12-24(8-4)20-28(32)42(34)26-18-22(6-2)10-14-30(26)46-38/h1-4,9-20H. The predicted octanol–water partition coefficient (Wildman–Crippen LogP) is 4.45. The van der Waals surface area contributed by atoms with Crippen molar-refractivity contribution in [3.05, 3.63) is 95.1 Å². The van der Waals surface area contributed by atoms with Gasteiger partial charge in [-0.1, -0.05) is 117 Å². The summed E-state index contributed by atoms with van der Waals surface area (Å²) in [5.41, 5.74) is 12.4. The molecule has 0 saturated carbocycles. The van der Waals surface area contributed by atoms with Crippen LogP contribution in [-0.2, 0) is 0 Å². The molecular formula is C40H16B2N2S4. The topological polar surface area (TPSA) is 25.8 Å². The molecule has 0 radical (unpaired) electrons. The maximum absolute atomic E-state index is 5.90. The summed E-state index contributed by atoms with van der Waals surface area (Å²) in [6.45, 7) is -0.122. The molecule has 0 N–H and O–H groups in total. The van der Waals surface area contributed by atoms with Crippen LogP contribution in [0.5, 0.6) is 0 Å². The number of terminal acetylenes is 4. The van der Waals surface area contributed by atoms with Gasteiger partial charge in [0.2, 0.25) is 13.4 Å². The summed E-state index contributed by atoms with van der Waals surface area (Å²) in [7, 11) is 0. The average Bonchev–Trinajstić information content (AvgIpc) is 3.13. The van der Waals surface area contributed by atoms with E-state index in [4.69, 9.17) is 35.7 Å². The maximum Gasteiger partial charge on any atom is 0.249 e. The van der Waals surface area contributed by atoms with Crippen molar-refractivity contribution in [3.8, 4) is 49.4 Å². The zero-order valence-corrected chi connectivity index (χ0v) is 28.2. The first-order chi connectivity index (χ1) is 23.6. The molecule has 48 heavy (non-hydrogen) atoms. The molecule has 0 fully saturated rings. The van der Waals surface area contributed by atoms with Crippen LogP contribution in [0, 0.1) is 49.4 Å². The van der Waals surface area contributed by atoms with Crippen molar-refractivity contribution in [3.63, 3.8) is 0 Å². The summed E-state index contributed by atoms with van der Waals surface area (Å²) in [5, 5.41) is 1.99. The largest absolute Gasteiger partial charge is 0.249 e. The minimum Gasteiger partial charge on any atom is -0.239 e. The third-order valence-corrected chi connectivity index (χ3v) is 14.0. The highest BCUT2D eigenvalue weighted by atomic mass is 32.2. The fourth-order valence-corrected chi connectivity index (χ4v) is 12.0. The Hall–Kier alpha value is -4.79. The van der Waals surface area contributed by atoms with Crippen molar-refractivity contribution in [1.29, 1.82) is 0 Å². The van der Waals surface area contributed by atoms with Gasteiger partial charge in [-0.25, -0.2) is 9.97 Å². The minimum atomic E-state index is -0.0611. The van der Waals surface area contributed by atoms with Crippen molar-refractivity contribution in [2.75, 3.05) is 0 Å². The van der Waals surface area contributed by atoms with E-state index >= 15 is 0 Å². The smallest absolute Gasteiger partial charge is 0.239 e. The van der Waals surface area contributed by atoms with Crippen LogP contribution >= 0.6 is 47.0 Å². The number of aromatic nitrogens is 2. The van der Waals surface area contributed by atoms with Crippen LogP contribution in [0.3, 0.4) is 0 Å². The first-order valence-corrected chi connectivity index (χ1v) is 18.4. The summed E-state index contributed by atoms with van der Waals surface area (Å²) >= 11 is 6.95. The number of benzene rings is 4. The van der Waals surface area contributed by atoms with Crippen molar-refractivity contribution in [2.24, 2.45) is 0 Å². The summed E-state index contributed by atoms with van der Waals surface area (Å²) in [6, 6.07) is 25.2. The molecule has 4 aliphatic heterocycles. The number of fused-ring (bicyclic) bond motifs is 11. The molecule has 0 spiro atoms. The van der Waals surface area contributed by atoms with E-state index in [0.29, 0.717) is 0 Å². The number of hydrogen-bond donors (Lipinski definition) is 0. The summed E-state index contributed by atoms with van der Waals surface area (Å²) < 4.78 is 0. The van der Waals surface area contributed by atoms with Crippen LogP contribution < -0.4 is 32.8 Å². The molecule has 0 saturated heterocycles. The lowest BCUT2D eigenvalue weighted by Crippen LogP contribution is -2.59. The van der Waals surface area contributed by atoms with Gasteiger partial charge in [0.05, 0.1) is 10.1 Å². The molecule has 2 aromatic heterocycles. The molecule has 0 amide bonds. The quantitative estimate of drug-likeness (QED) is 0.175. The van der Waals surface area contributed by atoms with Crippen LogP contribution in [0.25, 0.3) is 11.0 Å². The van der Waals surface area contributed by atoms with Crippen LogP contribution in [-0.4, -0.2) is 23.4 Å². The van der Waals surface area contributed by atoms with Gasteiger partial charge in [-0.3, -0.25) is 0 Å². The normalized spacial score (nSPS) is 13.8. The zero-order valence-electron chi connectivity index (χ0n) is 24.9. The van der Waals surface area contributed by atoms with E-state index in [9.17, 15) is 0 Å².